The topological polar surface area (TPSA) is 360 Å². The van der Waals surface area contributed by atoms with E-state index in [1.54, 1.807) is 63.2 Å². The van der Waals surface area contributed by atoms with Gasteiger partial charge in [0.2, 0.25) is 23.4 Å². The van der Waals surface area contributed by atoms with Gasteiger partial charge in [0.25, 0.3) is 11.8 Å². The normalized spacial score (nSPS) is 22.6. The lowest BCUT2D eigenvalue weighted by Gasteiger charge is -2.50. The second-order valence-corrected chi connectivity index (χ2v) is 29.5. The molecule has 2 saturated carbocycles. The monoisotopic (exact) mass is 1590 g/mol. The predicted molar refractivity (Wildman–Crippen MR) is 416 cm³/mol. The molecule has 9 rings (SSSR count). The number of aliphatic hydroxyl groups excluding tert-OH is 4. The summed E-state index contributed by atoms with van der Waals surface area (Å²) in [6.07, 6.45) is -1.73. The van der Waals surface area contributed by atoms with Gasteiger partial charge < -0.3 is 52.3 Å². The molecule has 35 heteroatoms. The van der Waals surface area contributed by atoms with E-state index in [1.807, 2.05) is 47.6 Å². The number of Topliss-reactive ketones (excluding diaryl/α,β-unsaturated/α-hetero) is 4. The first-order valence-electron chi connectivity index (χ1n) is 31.2. The fourth-order valence-corrected chi connectivity index (χ4v) is 14.8. The minimum absolute atomic E-state index is 0. The maximum atomic E-state index is 13.8. The Hall–Kier alpha value is -7.42. The number of hydrogen-bond acceptors (Lipinski definition) is 18. The molecule has 102 heavy (non-hydrogen) atoms. The van der Waals surface area contributed by atoms with Crippen LogP contribution in [0, 0.1) is 27.2 Å². The van der Waals surface area contributed by atoms with E-state index >= 15 is 0 Å². The van der Waals surface area contributed by atoms with Gasteiger partial charge in [-0.05, 0) is 175 Å². The summed E-state index contributed by atoms with van der Waals surface area (Å²) in [4.78, 5) is 102. The Labute approximate surface area is 633 Å². The highest BCUT2D eigenvalue weighted by Gasteiger charge is 2.66. The molecule has 4 amide bonds. The third-order valence-electron chi connectivity index (χ3n) is 18.3. The number of halogens is 2. The highest BCUT2D eigenvalue weighted by atomic mass is 127. The second kappa shape index (κ2) is 34.5. The number of carbonyl (C=O) groups excluding carboxylic acids is 8. The van der Waals surface area contributed by atoms with E-state index in [2.05, 4.69) is 93.1 Å². The van der Waals surface area contributed by atoms with E-state index in [9.17, 15) is 79.2 Å². The zero-order valence-electron chi connectivity index (χ0n) is 57.4. The van der Waals surface area contributed by atoms with Gasteiger partial charge in [0.1, 0.15) is 45.7 Å². The number of phenolic OH excluding ortho intramolecular Hbond substituents is 2. The lowest BCUT2D eigenvalue weighted by Crippen LogP contribution is -2.67. The summed E-state index contributed by atoms with van der Waals surface area (Å²) in [6, 6.07) is 3.26. The Bertz CT molecular complexity index is 4290. The van der Waals surface area contributed by atoms with Crippen molar-refractivity contribution in [2.24, 2.45) is 35.1 Å². The van der Waals surface area contributed by atoms with E-state index in [-0.39, 0.29) is 78.7 Å². The van der Waals surface area contributed by atoms with Gasteiger partial charge in [0.05, 0.1) is 46.1 Å². The van der Waals surface area contributed by atoms with Crippen LogP contribution in [0.25, 0.3) is 11.5 Å². The molecule has 1 saturated heterocycles. The number of fused-ring (bicyclic) bond motifs is 6. The lowest BCUT2D eigenvalue weighted by atomic mass is 8.53. The molecular weight excluding hydrogens is 1510 g/mol. The van der Waals surface area contributed by atoms with Crippen LogP contribution in [0.4, 0.5) is 0 Å². The number of rotatable bonds is 8. The molecule has 1 aliphatic heterocycles. The Morgan fingerprint density at radius 3 is 1.27 bits per heavy atom. The lowest BCUT2D eigenvalue weighted by molar-refractivity contribution is -0.155. The van der Waals surface area contributed by atoms with Crippen molar-refractivity contribution in [1.82, 2.24) is 12.9 Å². The maximum Gasteiger partial charge on any atom is 0.255 e. The number of phenols is 2. The molecule has 12 N–H and O–H groups in total. The Morgan fingerprint density at radius 1 is 0.598 bits per heavy atom. The van der Waals surface area contributed by atoms with Gasteiger partial charge in [0, 0.05) is 137 Å². The quantitative estimate of drug-likeness (QED) is 0.0451. The fourth-order valence-electron chi connectivity index (χ4n) is 13.5. The zero-order chi connectivity index (χ0) is 77.0. The number of nitrogens with two attached hydrogens (primary N) is 2. The first kappa shape index (κ1) is 87.0. The number of aromatic hydroxyl groups is 2. The van der Waals surface area contributed by atoms with E-state index in [0.717, 1.165) is 6.68 Å². The van der Waals surface area contributed by atoms with Gasteiger partial charge in [-0.25, -0.2) is 3.11 Å². The van der Waals surface area contributed by atoms with Gasteiger partial charge in [0.15, 0.2) is 22.8 Å². The molecule has 2 aromatic carbocycles. The number of hydrogen-bond donors (Lipinski definition) is 10. The largest absolute Gasteiger partial charge is 0.508 e. The molecule has 2 aromatic rings. The first-order chi connectivity index (χ1) is 46.7. The molecule has 0 aromatic heterocycles. The third-order valence-corrected chi connectivity index (χ3v) is 20.3. The SMILES string of the molecule is C.C=C=C=C=C=C=C=C=C=C=C=C.CN(C)[C@@H]1C(=O)C(C(N)=O)=C(O)[C@@]2(O)C(=O)C3=C(O)c4c(O)c(C(C)(C)C)cc(I)c4C[C@H]3C[C@@H]12.CN(C)[C@@H]1C(=O)C(C(N)=O)=C(O)[C@@]2(O)C(=O)C3=C(O)c4c(ccc(C(C)(C)C)c4O)C[C@H]3C[C@@H]12.O=C1CCC(=O)N1I.[B]B([B])B([B])B(B([B])[B])B([B])[B]. The van der Waals surface area contributed by atoms with E-state index in [1.165, 1.54) is 9.80 Å². The molecule has 14 radical (unpaired) electrons. The Kier molecular flexibility index (Phi) is 29.4. The third kappa shape index (κ3) is 17.3. The summed E-state index contributed by atoms with van der Waals surface area (Å²) in [7, 11) is 44.2. The summed E-state index contributed by atoms with van der Waals surface area (Å²) < 4.78 is 1.94. The molecule has 8 atom stereocenters. The molecular formula is C67H71B12I2N5O16. The fraction of sp³-hybridized carbons (Fsp3) is 0.403. The second-order valence-electron chi connectivity index (χ2n) is 27.3. The van der Waals surface area contributed by atoms with Crippen molar-refractivity contribution in [1.29, 1.82) is 0 Å². The first-order valence-corrected chi connectivity index (χ1v) is 33.3. The van der Waals surface area contributed by atoms with E-state index in [4.69, 9.17) is 65.6 Å². The van der Waals surface area contributed by atoms with Crippen LogP contribution in [0.5, 0.6) is 11.5 Å². The van der Waals surface area contributed by atoms with Gasteiger partial charge >= 0.3 is 0 Å². The predicted octanol–water partition coefficient (Wildman–Crippen LogP) is 2.03. The molecule has 7 aliphatic rings. The van der Waals surface area contributed by atoms with Crippen LogP contribution in [-0.2, 0) is 62.0 Å². The Morgan fingerprint density at radius 2 is 0.961 bits per heavy atom. The van der Waals surface area contributed by atoms with Crippen molar-refractivity contribution in [2.75, 3.05) is 28.2 Å². The number of benzene rings is 2. The van der Waals surface area contributed by atoms with E-state index in [0.29, 0.717) is 35.1 Å². The minimum atomic E-state index is -2.63. The molecule has 0 bridgehead atoms. The van der Waals surface area contributed by atoms with Crippen LogP contribution in [0.2, 0.25) is 0 Å². The van der Waals surface area contributed by atoms with Gasteiger partial charge in [-0.15, -0.1) is 0 Å². The van der Waals surface area contributed by atoms with Crippen molar-refractivity contribution < 1.29 is 79.2 Å². The van der Waals surface area contributed by atoms with Crippen molar-refractivity contribution in [3.63, 3.8) is 0 Å². The van der Waals surface area contributed by atoms with Gasteiger partial charge in [-0.1, -0.05) is 72.6 Å². The van der Waals surface area contributed by atoms with Crippen LogP contribution >= 0.6 is 45.5 Å². The van der Waals surface area contributed by atoms with Gasteiger partial charge in [-0.3, -0.25) is 48.2 Å². The number of carbonyl (C=O) groups is 8. The Balaban J connectivity index is 0.000000303. The van der Waals surface area contributed by atoms with Crippen LogP contribution in [0.3, 0.4) is 0 Å². The van der Waals surface area contributed by atoms with Crippen LogP contribution in [0.1, 0.15) is 108 Å². The molecule has 0 spiro atoms. The summed E-state index contributed by atoms with van der Waals surface area (Å²) in [6.45, 7) is 18.0. The number of primary amides is 2. The van der Waals surface area contributed by atoms with E-state index < -0.39 is 159 Å². The zero-order valence-corrected chi connectivity index (χ0v) is 61.7. The smallest absolute Gasteiger partial charge is 0.255 e. The number of amides is 4. The summed E-state index contributed by atoms with van der Waals surface area (Å²) in [5.74, 6) is -12.9. The molecule has 1 heterocycles. The molecule has 21 nitrogen and oxygen atoms in total. The number of aliphatic hydroxyl groups is 6. The van der Waals surface area contributed by atoms with Crippen molar-refractivity contribution in [2.45, 2.75) is 122 Å². The van der Waals surface area contributed by atoms with Crippen molar-refractivity contribution >= 4 is 190 Å². The summed E-state index contributed by atoms with van der Waals surface area (Å²) in [5, 5.41) is 89.6. The average molecular weight is 1590 g/mol. The average Bonchev–Trinajstić information content (AvgIpc) is 0.734. The standard InChI is InChI=1S/C25H29IN2O7.C25H30N2O7.C12H4.C4H4INO2.CH4.B12/c1-24(2,3)12-8-13(26)10-6-9-7-11-17(28(4)5)20(31)16(23(27)34)22(33)25(11,35)21(32)14(9)19(30)15(10)18(12)29;1-24(2,3)12-7-6-10-8-11-9-13-17(27(4)5)20(30)16(23(26)33)22(32)25(13,34)21(31)15(11)19(29)14(10)18(12)28;1-3-5-7-9-11-12-10-8-6-4-2;5-6-3(7)1-2-4(6)8;;1-8(2)11(7)12(9(3)4)10(5)6/h8-9,11,17,29-30,33,35H,6-7H2,1-5H3,(H2,27,34);6-7,11,13,17,28-29,32,34H,8-9H2,1-5H3,(H2,26,33);1-2H2;1-2H2;1H4;/t9-,11-,17-,25-;11-,13-,17-,25-;;;;/m00..../s1. The number of imide groups is 1. The summed E-state index contributed by atoms with van der Waals surface area (Å²) >= 11 is 3.85. The summed E-state index contributed by atoms with van der Waals surface area (Å²) in [5.41, 5.74) is 29.7. The van der Waals surface area contributed by atoms with Crippen molar-refractivity contribution in [3.05, 3.63) is 159 Å². The number of ketones is 4. The molecule has 510 valence electrons. The highest BCUT2D eigenvalue weighted by Crippen LogP contribution is 2.56. The van der Waals surface area contributed by atoms with Crippen LogP contribution in [-0.4, -0.2) is 238 Å². The molecule has 6 aliphatic carbocycles. The molecule has 3 fully saturated rings. The number of nitrogens with zero attached hydrogens (tertiary/aromatic N) is 3. The van der Waals surface area contributed by atoms with Crippen LogP contribution < -0.4 is 11.5 Å². The highest BCUT2D eigenvalue weighted by molar-refractivity contribution is 14.1. The number of likely N-dealkylation sites (N-methyl/N-ethyl adjacent to an activating group) is 2. The van der Waals surface area contributed by atoms with Crippen molar-refractivity contribution in [3.8, 4) is 11.5 Å². The molecule has 0 unspecified atom stereocenters. The maximum absolute atomic E-state index is 13.8. The van der Waals surface area contributed by atoms with Gasteiger partial charge in [-0.2, -0.15) is 0 Å². The van der Waals surface area contributed by atoms with Crippen LogP contribution in [0.15, 0.2) is 122 Å². The minimum Gasteiger partial charge on any atom is -0.508 e.